The van der Waals surface area contributed by atoms with Crippen LogP contribution in [0.4, 0.5) is 0 Å². The lowest BCUT2D eigenvalue weighted by atomic mass is 10.0. The van der Waals surface area contributed by atoms with Gasteiger partial charge in [-0.05, 0) is 19.1 Å². The number of aryl methyl sites for hydroxylation is 1. The van der Waals surface area contributed by atoms with E-state index in [4.69, 9.17) is 16.7 Å². The van der Waals surface area contributed by atoms with Gasteiger partial charge >= 0.3 is 5.97 Å². The lowest BCUT2D eigenvalue weighted by molar-refractivity contribution is -0.138. The Balaban J connectivity index is 2.76. The van der Waals surface area contributed by atoms with Gasteiger partial charge in [-0.3, -0.25) is 9.48 Å². The van der Waals surface area contributed by atoms with E-state index in [0.29, 0.717) is 10.7 Å². The molecular weight excluding hydrogens is 228 g/mol. The molecule has 0 fully saturated rings. The smallest absolute Gasteiger partial charge is 0.312 e. The van der Waals surface area contributed by atoms with Crippen LogP contribution in [0.25, 0.3) is 10.9 Å². The van der Waals surface area contributed by atoms with Crippen molar-refractivity contribution in [3.05, 3.63) is 28.9 Å². The van der Waals surface area contributed by atoms with Gasteiger partial charge in [0, 0.05) is 12.4 Å². The van der Waals surface area contributed by atoms with E-state index in [2.05, 4.69) is 5.10 Å². The van der Waals surface area contributed by atoms with Crippen LogP contribution in [0, 0.1) is 0 Å². The molecule has 2 rings (SSSR count). The van der Waals surface area contributed by atoms with E-state index in [-0.39, 0.29) is 0 Å². The van der Waals surface area contributed by atoms with Crippen LogP contribution in [0.5, 0.6) is 0 Å². The summed E-state index contributed by atoms with van der Waals surface area (Å²) < 4.78 is 1.65. The first-order chi connectivity index (χ1) is 7.52. The van der Waals surface area contributed by atoms with Crippen LogP contribution in [-0.2, 0) is 11.8 Å². The molecule has 1 unspecified atom stereocenters. The minimum Gasteiger partial charge on any atom is -0.481 e. The summed E-state index contributed by atoms with van der Waals surface area (Å²) in [5, 5.41) is 14.5. The van der Waals surface area contributed by atoms with Crippen molar-refractivity contribution in [2.24, 2.45) is 7.05 Å². The van der Waals surface area contributed by atoms with Gasteiger partial charge in [0.1, 0.15) is 0 Å². The van der Waals surface area contributed by atoms with Gasteiger partial charge in [0.05, 0.1) is 22.2 Å². The summed E-state index contributed by atoms with van der Waals surface area (Å²) in [6.07, 6.45) is 0. The number of hydrogen-bond donors (Lipinski definition) is 1. The Bertz CT molecular complexity index is 562. The van der Waals surface area contributed by atoms with Gasteiger partial charge in [0.25, 0.3) is 0 Å². The summed E-state index contributed by atoms with van der Waals surface area (Å²) in [6, 6.07) is 5.43. The quantitative estimate of drug-likeness (QED) is 0.874. The summed E-state index contributed by atoms with van der Waals surface area (Å²) in [5.74, 6) is -1.57. The first kappa shape index (κ1) is 11.0. The van der Waals surface area contributed by atoms with Crippen LogP contribution >= 0.6 is 11.6 Å². The molecule has 2 aromatic rings. The highest BCUT2D eigenvalue weighted by Crippen LogP contribution is 2.30. The highest BCUT2D eigenvalue weighted by Gasteiger charge is 2.22. The number of rotatable bonds is 2. The van der Waals surface area contributed by atoms with E-state index in [0.717, 1.165) is 10.9 Å². The maximum Gasteiger partial charge on any atom is 0.312 e. The number of benzene rings is 1. The minimum absolute atomic E-state index is 0.510. The van der Waals surface area contributed by atoms with Crippen LogP contribution < -0.4 is 0 Å². The van der Waals surface area contributed by atoms with E-state index in [1.165, 1.54) is 0 Å². The van der Waals surface area contributed by atoms with E-state index in [1.807, 2.05) is 12.1 Å². The molecular formula is C11H11ClN2O2. The summed E-state index contributed by atoms with van der Waals surface area (Å²) in [6.45, 7) is 1.60. The molecule has 0 radical (unpaired) electrons. The average Bonchev–Trinajstić information content (AvgIpc) is 2.57. The van der Waals surface area contributed by atoms with Crippen molar-refractivity contribution in [2.75, 3.05) is 0 Å². The zero-order valence-corrected chi connectivity index (χ0v) is 9.69. The normalized spacial score (nSPS) is 12.9. The molecule has 0 aliphatic rings. The van der Waals surface area contributed by atoms with Crippen molar-refractivity contribution in [3.63, 3.8) is 0 Å². The van der Waals surface area contributed by atoms with E-state index in [9.17, 15) is 4.79 Å². The van der Waals surface area contributed by atoms with Crippen LogP contribution in [0.2, 0.25) is 5.02 Å². The van der Waals surface area contributed by atoms with Gasteiger partial charge in [-0.1, -0.05) is 17.7 Å². The van der Waals surface area contributed by atoms with E-state index >= 15 is 0 Å². The molecule has 1 aromatic carbocycles. The Hall–Kier alpha value is -1.55. The van der Waals surface area contributed by atoms with Crippen molar-refractivity contribution in [1.29, 1.82) is 0 Å². The zero-order valence-electron chi connectivity index (χ0n) is 8.94. The molecule has 1 N–H and O–H groups in total. The number of nitrogens with zero attached hydrogens (tertiary/aromatic N) is 2. The SMILES string of the molecule is CC(C(=O)O)c1nn(C)c2cccc(Cl)c12. The van der Waals surface area contributed by atoms with Gasteiger partial charge in [-0.2, -0.15) is 5.10 Å². The molecule has 5 heteroatoms. The Labute approximate surface area is 97.4 Å². The van der Waals surface area contributed by atoms with Gasteiger partial charge in [-0.25, -0.2) is 0 Å². The highest BCUT2D eigenvalue weighted by molar-refractivity contribution is 6.35. The lowest BCUT2D eigenvalue weighted by Gasteiger charge is -2.03. The van der Waals surface area contributed by atoms with Crippen molar-refractivity contribution in [3.8, 4) is 0 Å². The molecule has 1 atom stereocenters. The maximum absolute atomic E-state index is 11.0. The third kappa shape index (κ3) is 1.55. The fourth-order valence-corrected chi connectivity index (χ4v) is 1.99. The number of carbonyl (C=O) groups is 1. The summed E-state index contributed by atoms with van der Waals surface area (Å²) in [7, 11) is 1.77. The molecule has 1 heterocycles. The second-order valence-corrected chi connectivity index (χ2v) is 4.11. The predicted octanol–water partition coefficient (Wildman–Crippen LogP) is 2.41. The van der Waals surface area contributed by atoms with Crippen molar-refractivity contribution in [2.45, 2.75) is 12.8 Å². The first-order valence-corrected chi connectivity index (χ1v) is 5.24. The molecule has 0 amide bonds. The molecule has 1 aromatic heterocycles. The van der Waals surface area contributed by atoms with Crippen LogP contribution in [0.1, 0.15) is 18.5 Å². The summed E-state index contributed by atoms with van der Waals surface area (Å²) in [5.41, 5.74) is 1.35. The zero-order chi connectivity index (χ0) is 11.9. The number of aromatic nitrogens is 2. The second kappa shape index (κ2) is 3.79. The maximum atomic E-state index is 11.0. The average molecular weight is 239 g/mol. The number of carboxylic acids is 1. The molecule has 0 aliphatic heterocycles. The third-order valence-corrected chi connectivity index (χ3v) is 2.95. The topological polar surface area (TPSA) is 55.1 Å². The van der Waals surface area contributed by atoms with Gasteiger partial charge < -0.3 is 5.11 Å². The second-order valence-electron chi connectivity index (χ2n) is 3.70. The Morgan fingerprint density at radius 2 is 2.25 bits per heavy atom. The molecule has 0 saturated carbocycles. The van der Waals surface area contributed by atoms with Crippen molar-refractivity contribution in [1.82, 2.24) is 9.78 Å². The molecule has 0 bridgehead atoms. The molecule has 0 saturated heterocycles. The monoisotopic (exact) mass is 238 g/mol. The Morgan fingerprint density at radius 1 is 1.56 bits per heavy atom. The summed E-state index contributed by atoms with van der Waals surface area (Å²) >= 11 is 6.08. The molecule has 0 aliphatic carbocycles. The van der Waals surface area contributed by atoms with Crippen LogP contribution in [-0.4, -0.2) is 20.9 Å². The van der Waals surface area contributed by atoms with Crippen LogP contribution in [0.3, 0.4) is 0 Å². The minimum atomic E-state index is -0.903. The number of aliphatic carboxylic acids is 1. The molecule has 84 valence electrons. The molecule has 4 nitrogen and oxygen atoms in total. The van der Waals surface area contributed by atoms with Gasteiger partial charge in [-0.15, -0.1) is 0 Å². The number of halogens is 1. The number of fused-ring (bicyclic) bond motifs is 1. The first-order valence-electron chi connectivity index (χ1n) is 4.86. The Kier molecular flexibility index (Phi) is 2.59. The number of hydrogen-bond acceptors (Lipinski definition) is 2. The molecule has 16 heavy (non-hydrogen) atoms. The van der Waals surface area contributed by atoms with Crippen molar-refractivity contribution < 1.29 is 9.90 Å². The lowest BCUT2D eigenvalue weighted by Crippen LogP contribution is -2.08. The fourth-order valence-electron chi connectivity index (χ4n) is 1.72. The fraction of sp³-hybridized carbons (Fsp3) is 0.273. The van der Waals surface area contributed by atoms with Gasteiger partial charge in [0.15, 0.2) is 0 Å². The largest absolute Gasteiger partial charge is 0.481 e. The molecule has 0 spiro atoms. The van der Waals surface area contributed by atoms with Gasteiger partial charge in [0.2, 0.25) is 0 Å². The van der Waals surface area contributed by atoms with Crippen LogP contribution in [0.15, 0.2) is 18.2 Å². The van der Waals surface area contributed by atoms with E-state index < -0.39 is 11.9 Å². The standard InChI is InChI=1S/C11H11ClN2O2/c1-6(11(15)16)10-9-7(12)4-3-5-8(9)14(2)13-10/h3-6H,1-2H3,(H,15,16). The number of carboxylic acid groups (broad SMARTS) is 1. The third-order valence-electron chi connectivity index (χ3n) is 2.63. The predicted molar refractivity (Wildman–Crippen MR) is 61.8 cm³/mol. The van der Waals surface area contributed by atoms with Crippen molar-refractivity contribution >= 4 is 28.5 Å². The summed E-state index contributed by atoms with van der Waals surface area (Å²) in [4.78, 5) is 11.0. The highest BCUT2D eigenvalue weighted by atomic mass is 35.5. The Morgan fingerprint density at radius 3 is 2.88 bits per heavy atom. The van der Waals surface area contributed by atoms with E-state index in [1.54, 1.807) is 24.7 Å².